The van der Waals surface area contributed by atoms with Gasteiger partial charge in [-0.1, -0.05) is 0 Å². The van der Waals surface area contributed by atoms with Gasteiger partial charge in [-0.15, -0.1) is 0 Å². The van der Waals surface area contributed by atoms with Crippen LogP contribution >= 0.6 is 15.9 Å². The summed E-state index contributed by atoms with van der Waals surface area (Å²) in [6.07, 6.45) is 6.16. The third-order valence-corrected chi connectivity index (χ3v) is 3.06. The predicted octanol–water partition coefficient (Wildman–Crippen LogP) is 2.84. The Hall–Kier alpha value is -0.640. The smallest absolute Gasteiger partial charge is 0.223 e. The predicted molar refractivity (Wildman–Crippen MR) is 60.2 cm³/mol. The Morgan fingerprint density at radius 1 is 1.36 bits per heavy atom. The molecule has 0 unspecified atom stereocenters. The lowest BCUT2D eigenvalue weighted by Crippen LogP contribution is -2.34. The second kappa shape index (κ2) is 3.50. The average Bonchev–Trinajstić information content (AvgIpc) is 2.91. The maximum Gasteiger partial charge on any atom is 0.223 e. The molecule has 1 N–H and O–H groups in total. The normalized spacial score (nSPS) is 16.8. The highest BCUT2D eigenvalue weighted by atomic mass is 79.9. The van der Waals surface area contributed by atoms with Gasteiger partial charge in [-0.05, 0) is 48.5 Å². The summed E-state index contributed by atoms with van der Waals surface area (Å²) >= 11 is 3.31. The van der Waals surface area contributed by atoms with Crippen molar-refractivity contribution in [2.24, 2.45) is 5.92 Å². The van der Waals surface area contributed by atoms with Crippen LogP contribution in [0.1, 0.15) is 26.7 Å². The number of aromatic nitrogens is 2. The maximum absolute atomic E-state index is 4.20. The van der Waals surface area contributed by atoms with E-state index in [0.717, 1.165) is 10.4 Å². The molecule has 1 aliphatic rings. The molecular formula is C10H14BrN3. The largest absolute Gasteiger partial charge is 0.349 e. The first-order valence-electron chi connectivity index (χ1n) is 4.84. The summed E-state index contributed by atoms with van der Waals surface area (Å²) in [5.74, 6) is 1.49. The maximum atomic E-state index is 4.20. The molecule has 1 aliphatic carbocycles. The number of hydrogen-bond donors (Lipinski definition) is 1. The molecule has 0 bridgehead atoms. The second-order valence-electron chi connectivity index (χ2n) is 4.35. The van der Waals surface area contributed by atoms with Crippen LogP contribution in [-0.4, -0.2) is 15.5 Å². The van der Waals surface area contributed by atoms with Crippen LogP contribution in [0.25, 0.3) is 0 Å². The molecule has 0 atom stereocenters. The van der Waals surface area contributed by atoms with Gasteiger partial charge in [-0.2, -0.15) is 0 Å². The van der Waals surface area contributed by atoms with Gasteiger partial charge < -0.3 is 5.32 Å². The van der Waals surface area contributed by atoms with Crippen LogP contribution in [0, 0.1) is 5.92 Å². The van der Waals surface area contributed by atoms with Crippen LogP contribution in [0.4, 0.5) is 5.95 Å². The minimum absolute atomic E-state index is 0.119. The van der Waals surface area contributed by atoms with E-state index in [1.54, 1.807) is 12.4 Å². The van der Waals surface area contributed by atoms with Crippen LogP contribution in [0.3, 0.4) is 0 Å². The molecule has 2 rings (SSSR count). The van der Waals surface area contributed by atoms with Gasteiger partial charge in [0.05, 0.1) is 4.47 Å². The van der Waals surface area contributed by atoms with Crippen molar-refractivity contribution in [3.05, 3.63) is 16.9 Å². The first-order valence-corrected chi connectivity index (χ1v) is 5.63. The third kappa shape index (κ3) is 2.23. The van der Waals surface area contributed by atoms with Gasteiger partial charge in [0, 0.05) is 17.9 Å². The number of hydrogen-bond acceptors (Lipinski definition) is 3. The first kappa shape index (κ1) is 9.90. The molecule has 1 aromatic rings. The summed E-state index contributed by atoms with van der Waals surface area (Å²) in [5.41, 5.74) is 0.119. The fourth-order valence-electron chi connectivity index (χ4n) is 1.57. The Balaban J connectivity index is 2.06. The van der Waals surface area contributed by atoms with Crippen molar-refractivity contribution in [2.75, 3.05) is 5.32 Å². The molecule has 3 nitrogen and oxygen atoms in total. The van der Waals surface area contributed by atoms with Crippen LogP contribution < -0.4 is 5.32 Å². The van der Waals surface area contributed by atoms with Crippen molar-refractivity contribution in [1.29, 1.82) is 0 Å². The molecule has 0 amide bonds. The lowest BCUT2D eigenvalue weighted by atomic mass is 9.99. The molecule has 1 heterocycles. The first-order chi connectivity index (χ1) is 6.58. The highest BCUT2D eigenvalue weighted by Gasteiger charge is 2.38. The number of halogens is 1. The summed E-state index contributed by atoms with van der Waals surface area (Å²) in [4.78, 5) is 8.41. The number of nitrogens with zero attached hydrogens (tertiary/aromatic N) is 2. The monoisotopic (exact) mass is 255 g/mol. The van der Waals surface area contributed by atoms with Crippen molar-refractivity contribution in [2.45, 2.75) is 32.2 Å². The van der Waals surface area contributed by atoms with Crippen molar-refractivity contribution in [3.63, 3.8) is 0 Å². The number of rotatable bonds is 3. The van der Waals surface area contributed by atoms with E-state index in [1.165, 1.54) is 12.8 Å². The molecule has 1 fully saturated rings. The number of nitrogens with one attached hydrogen (secondary N) is 1. The molecule has 0 radical (unpaired) electrons. The van der Waals surface area contributed by atoms with E-state index in [9.17, 15) is 0 Å². The van der Waals surface area contributed by atoms with Crippen LogP contribution in [0.15, 0.2) is 16.9 Å². The molecule has 0 spiro atoms. The summed E-state index contributed by atoms with van der Waals surface area (Å²) < 4.78 is 0.910. The third-order valence-electron chi connectivity index (χ3n) is 2.65. The Bertz CT molecular complexity index is 317. The topological polar surface area (TPSA) is 37.8 Å². The van der Waals surface area contributed by atoms with Crippen molar-refractivity contribution in [1.82, 2.24) is 9.97 Å². The van der Waals surface area contributed by atoms with E-state index >= 15 is 0 Å². The van der Waals surface area contributed by atoms with Crippen LogP contribution in [-0.2, 0) is 0 Å². The Morgan fingerprint density at radius 3 is 2.43 bits per heavy atom. The number of anilines is 1. The van der Waals surface area contributed by atoms with E-state index in [1.807, 2.05) is 0 Å². The molecule has 1 aromatic heterocycles. The fraction of sp³-hybridized carbons (Fsp3) is 0.600. The van der Waals surface area contributed by atoms with Crippen molar-refractivity contribution < 1.29 is 0 Å². The summed E-state index contributed by atoms with van der Waals surface area (Å²) in [7, 11) is 0. The van der Waals surface area contributed by atoms with Gasteiger partial charge in [0.1, 0.15) is 0 Å². The lowest BCUT2D eigenvalue weighted by molar-refractivity contribution is 0.490. The Labute approximate surface area is 92.5 Å². The van der Waals surface area contributed by atoms with Gasteiger partial charge in [0.25, 0.3) is 0 Å². The highest BCUT2D eigenvalue weighted by Crippen LogP contribution is 2.40. The molecule has 14 heavy (non-hydrogen) atoms. The molecule has 0 saturated heterocycles. The average molecular weight is 256 g/mol. The van der Waals surface area contributed by atoms with Gasteiger partial charge in [0.2, 0.25) is 5.95 Å². The minimum Gasteiger partial charge on any atom is -0.349 e. The molecule has 0 aliphatic heterocycles. The van der Waals surface area contributed by atoms with E-state index in [4.69, 9.17) is 0 Å². The van der Waals surface area contributed by atoms with E-state index < -0.39 is 0 Å². The molecular weight excluding hydrogens is 242 g/mol. The summed E-state index contributed by atoms with van der Waals surface area (Å²) in [6, 6.07) is 0. The second-order valence-corrected chi connectivity index (χ2v) is 5.26. The Kier molecular flexibility index (Phi) is 2.47. The van der Waals surface area contributed by atoms with Crippen LogP contribution in [0.5, 0.6) is 0 Å². The Morgan fingerprint density at radius 2 is 1.93 bits per heavy atom. The zero-order chi connectivity index (χ0) is 10.2. The van der Waals surface area contributed by atoms with E-state index in [0.29, 0.717) is 5.95 Å². The van der Waals surface area contributed by atoms with Crippen molar-refractivity contribution >= 4 is 21.9 Å². The highest BCUT2D eigenvalue weighted by molar-refractivity contribution is 9.10. The standard InChI is InChI=1S/C10H14BrN3/c1-10(2,7-3-4-7)14-9-12-5-8(11)6-13-9/h5-7H,3-4H2,1-2H3,(H,12,13,14). The van der Waals surface area contributed by atoms with Gasteiger partial charge in [-0.25, -0.2) is 9.97 Å². The van der Waals surface area contributed by atoms with Gasteiger partial charge >= 0.3 is 0 Å². The molecule has 0 aromatic carbocycles. The quantitative estimate of drug-likeness (QED) is 0.903. The van der Waals surface area contributed by atoms with Gasteiger partial charge in [-0.3, -0.25) is 0 Å². The zero-order valence-corrected chi connectivity index (χ0v) is 10.0. The lowest BCUT2D eigenvalue weighted by Gasteiger charge is -2.25. The van der Waals surface area contributed by atoms with Crippen molar-refractivity contribution in [3.8, 4) is 0 Å². The SMILES string of the molecule is CC(C)(Nc1ncc(Br)cn1)C1CC1. The summed E-state index contributed by atoms with van der Waals surface area (Å²) in [6.45, 7) is 4.41. The zero-order valence-electron chi connectivity index (χ0n) is 8.42. The van der Waals surface area contributed by atoms with E-state index in [2.05, 4.69) is 45.1 Å². The van der Waals surface area contributed by atoms with Gasteiger partial charge in [0.15, 0.2) is 0 Å². The molecule has 76 valence electrons. The fourth-order valence-corrected chi connectivity index (χ4v) is 1.78. The minimum atomic E-state index is 0.119. The molecule has 4 heteroatoms. The van der Waals surface area contributed by atoms with E-state index in [-0.39, 0.29) is 5.54 Å². The molecule has 1 saturated carbocycles. The van der Waals surface area contributed by atoms with Crippen LogP contribution in [0.2, 0.25) is 0 Å². The summed E-state index contributed by atoms with van der Waals surface area (Å²) in [5, 5.41) is 3.36.